The molecule has 2 aromatic carbocycles. The van der Waals surface area contributed by atoms with Crippen molar-refractivity contribution >= 4 is 21.4 Å². The van der Waals surface area contributed by atoms with Gasteiger partial charge in [0.15, 0.2) is 0 Å². The zero-order valence-corrected chi connectivity index (χ0v) is 21.0. The fraction of sp³-hybridized carbons (Fsp3) is 0.231. The summed E-state index contributed by atoms with van der Waals surface area (Å²) in [6.07, 6.45) is 3.65. The molecule has 0 aliphatic carbocycles. The number of nitrogens with two attached hydrogens (primary N) is 1. The highest BCUT2D eigenvalue weighted by atomic mass is 32.2. The molecule has 0 atom stereocenters. The zero-order chi connectivity index (χ0) is 25.3. The highest BCUT2D eigenvalue weighted by molar-refractivity contribution is 7.88. The van der Waals surface area contributed by atoms with Crippen molar-refractivity contribution in [3.8, 4) is 28.7 Å². The minimum absolute atomic E-state index is 0.366. The third-order valence-corrected chi connectivity index (χ3v) is 7.60. The van der Waals surface area contributed by atoms with Crippen molar-refractivity contribution in [2.45, 2.75) is 19.5 Å². The molecule has 0 radical (unpaired) electrons. The molecule has 1 aliphatic rings. The predicted molar refractivity (Wildman–Crippen MR) is 140 cm³/mol. The number of benzene rings is 2. The van der Waals surface area contributed by atoms with Crippen LogP contribution in [0.5, 0.6) is 5.88 Å². The number of fused-ring (bicyclic) bond motifs is 1. The molecule has 0 amide bonds. The van der Waals surface area contributed by atoms with Gasteiger partial charge in [-0.1, -0.05) is 24.3 Å². The first-order valence-corrected chi connectivity index (χ1v) is 13.4. The molecule has 36 heavy (non-hydrogen) atoms. The lowest BCUT2D eigenvalue weighted by Crippen LogP contribution is -2.35. The van der Waals surface area contributed by atoms with E-state index in [2.05, 4.69) is 20.3 Å². The van der Waals surface area contributed by atoms with Crippen molar-refractivity contribution < 1.29 is 13.2 Å². The van der Waals surface area contributed by atoms with E-state index in [0.717, 1.165) is 45.0 Å². The van der Waals surface area contributed by atoms with Crippen LogP contribution in [0.3, 0.4) is 0 Å². The molecule has 4 aromatic rings. The fourth-order valence-corrected chi connectivity index (χ4v) is 5.26. The smallest absolute Gasteiger partial charge is 0.213 e. The highest BCUT2D eigenvalue weighted by Crippen LogP contribution is 2.32. The second-order valence-electron chi connectivity index (χ2n) is 8.70. The lowest BCUT2D eigenvalue weighted by Gasteiger charge is -2.28. The summed E-state index contributed by atoms with van der Waals surface area (Å²) in [5.74, 6) is 1.22. The van der Waals surface area contributed by atoms with Gasteiger partial charge in [-0.2, -0.15) is 4.31 Å². The van der Waals surface area contributed by atoms with Crippen molar-refractivity contribution in [3.63, 3.8) is 0 Å². The van der Waals surface area contributed by atoms with Gasteiger partial charge in [-0.25, -0.2) is 18.4 Å². The number of aromatic amines is 1. The van der Waals surface area contributed by atoms with E-state index in [1.165, 1.54) is 10.6 Å². The van der Waals surface area contributed by atoms with Gasteiger partial charge in [0.05, 0.1) is 31.0 Å². The molecule has 0 saturated carbocycles. The summed E-state index contributed by atoms with van der Waals surface area (Å²) in [6.45, 7) is 1.22. The standard InChI is InChI=1S/C26H28N6O3S/c1-35-25-8-4-7-23(30-25)24-15-28-26(31-24)21-13-19(10-9-17(21)14-27)29-22-6-3-5-18-16-32(36(2,33)34)12-11-20(18)22/h3-10,13,15,29H,11-12,14,16,27H2,1-2H3,(H,28,31). The lowest BCUT2D eigenvalue weighted by molar-refractivity contribution is 0.395. The molecule has 0 fully saturated rings. The van der Waals surface area contributed by atoms with Crippen LogP contribution >= 0.6 is 0 Å². The monoisotopic (exact) mass is 504 g/mol. The highest BCUT2D eigenvalue weighted by Gasteiger charge is 2.24. The van der Waals surface area contributed by atoms with Crippen LogP contribution in [-0.4, -0.2) is 47.6 Å². The van der Waals surface area contributed by atoms with Gasteiger partial charge >= 0.3 is 0 Å². The fourth-order valence-electron chi connectivity index (χ4n) is 4.46. The Morgan fingerprint density at radius 3 is 2.78 bits per heavy atom. The third-order valence-electron chi connectivity index (χ3n) is 6.35. The van der Waals surface area contributed by atoms with Crippen LogP contribution in [0.1, 0.15) is 16.7 Å². The largest absolute Gasteiger partial charge is 0.481 e. The van der Waals surface area contributed by atoms with Crippen molar-refractivity contribution in [1.82, 2.24) is 19.3 Å². The average molecular weight is 505 g/mol. The van der Waals surface area contributed by atoms with E-state index in [-0.39, 0.29) is 0 Å². The Labute approximate surface area is 210 Å². The molecule has 9 nitrogen and oxygen atoms in total. The third kappa shape index (κ3) is 4.83. The van der Waals surface area contributed by atoms with E-state index in [0.29, 0.717) is 37.8 Å². The Hall–Kier alpha value is -3.73. The van der Waals surface area contributed by atoms with Gasteiger partial charge in [0, 0.05) is 42.6 Å². The number of sulfonamides is 1. The number of hydrogen-bond acceptors (Lipinski definition) is 7. The molecule has 10 heteroatoms. The Kier molecular flexibility index (Phi) is 6.48. The normalized spacial score (nSPS) is 13.9. The minimum Gasteiger partial charge on any atom is -0.481 e. The number of aromatic nitrogens is 3. The Balaban J connectivity index is 1.45. The molecule has 1 aliphatic heterocycles. The Morgan fingerprint density at radius 2 is 2.00 bits per heavy atom. The number of rotatable bonds is 7. The molecule has 0 unspecified atom stereocenters. The van der Waals surface area contributed by atoms with Crippen molar-refractivity contribution in [3.05, 3.63) is 77.5 Å². The molecule has 0 bridgehead atoms. The van der Waals surface area contributed by atoms with Crippen molar-refractivity contribution in [2.24, 2.45) is 5.73 Å². The SMILES string of the molecule is COc1cccc(-c2cnc(-c3cc(Nc4cccc5c4CCN(S(C)(=O)=O)C5)ccc3CN)[nH]2)n1. The second-order valence-corrected chi connectivity index (χ2v) is 10.7. The van der Waals surface area contributed by atoms with Gasteiger partial charge in [0.25, 0.3) is 0 Å². The van der Waals surface area contributed by atoms with Crippen LogP contribution in [0.2, 0.25) is 0 Å². The maximum Gasteiger partial charge on any atom is 0.213 e. The van der Waals surface area contributed by atoms with E-state index in [1.807, 2.05) is 48.5 Å². The summed E-state index contributed by atoms with van der Waals surface area (Å²) in [5.41, 5.74) is 13.4. The van der Waals surface area contributed by atoms with Crippen LogP contribution in [0.4, 0.5) is 11.4 Å². The predicted octanol–water partition coefficient (Wildman–Crippen LogP) is 3.67. The van der Waals surface area contributed by atoms with E-state index < -0.39 is 10.0 Å². The summed E-state index contributed by atoms with van der Waals surface area (Å²) >= 11 is 0. The maximum atomic E-state index is 12.0. The zero-order valence-electron chi connectivity index (χ0n) is 20.2. The second kappa shape index (κ2) is 9.73. The molecule has 2 aromatic heterocycles. The maximum absolute atomic E-state index is 12.0. The van der Waals surface area contributed by atoms with Crippen molar-refractivity contribution in [2.75, 3.05) is 25.2 Å². The molecule has 0 spiro atoms. The quantitative estimate of drug-likeness (QED) is 0.351. The molecule has 186 valence electrons. The summed E-state index contributed by atoms with van der Waals surface area (Å²) in [5, 5.41) is 3.52. The summed E-state index contributed by atoms with van der Waals surface area (Å²) in [6, 6.07) is 17.5. The first-order chi connectivity index (χ1) is 17.4. The number of pyridine rings is 1. The van der Waals surface area contributed by atoms with Crippen LogP contribution in [0.15, 0.2) is 60.8 Å². The summed E-state index contributed by atoms with van der Waals surface area (Å²) in [7, 11) is -1.64. The van der Waals surface area contributed by atoms with Gasteiger partial charge in [-0.15, -0.1) is 0 Å². The van der Waals surface area contributed by atoms with Gasteiger partial charge in [0.1, 0.15) is 5.82 Å². The van der Waals surface area contributed by atoms with Gasteiger partial charge in [0.2, 0.25) is 15.9 Å². The van der Waals surface area contributed by atoms with Gasteiger partial charge in [-0.05, 0) is 47.4 Å². The van der Waals surface area contributed by atoms with Gasteiger partial charge < -0.3 is 20.8 Å². The van der Waals surface area contributed by atoms with E-state index in [4.69, 9.17) is 10.5 Å². The molecular weight excluding hydrogens is 476 g/mol. The first-order valence-electron chi connectivity index (χ1n) is 11.6. The van der Waals surface area contributed by atoms with E-state index in [9.17, 15) is 8.42 Å². The summed E-state index contributed by atoms with van der Waals surface area (Å²) in [4.78, 5) is 12.4. The summed E-state index contributed by atoms with van der Waals surface area (Å²) < 4.78 is 30.8. The van der Waals surface area contributed by atoms with E-state index in [1.54, 1.807) is 19.4 Å². The molecule has 0 saturated heterocycles. The number of nitrogens with one attached hydrogen (secondary N) is 2. The van der Waals surface area contributed by atoms with Crippen LogP contribution in [0.25, 0.3) is 22.8 Å². The molecule has 4 N–H and O–H groups in total. The lowest BCUT2D eigenvalue weighted by atomic mass is 9.98. The number of nitrogens with zero attached hydrogens (tertiary/aromatic N) is 3. The number of methoxy groups -OCH3 is 1. The number of imidazole rings is 1. The van der Waals surface area contributed by atoms with Crippen molar-refractivity contribution in [1.29, 1.82) is 0 Å². The van der Waals surface area contributed by atoms with Gasteiger partial charge in [-0.3, -0.25) is 0 Å². The molecule has 3 heterocycles. The van der Waals surface area contributed by atoms with Crippen LogP contribution < -0.4 is 15.8 Å². The Bertz CT molecular complexity index is 1520. The minimum atomic E-state index is -3.23. The number of H-pyrrole nitrogens is 1. The number of ether oxygens (including phenoxy) is 1. The van der Waals surface area contributed by atoms with E-state index >= 15 is 0 Å². The number of anilines is 2. The number of hydrogen-bond donors (Lipinski definition) is 3. The van der Waals surface area contributed by atoms with Crippen LogP contribution in [0, 0.1) is 0 Å². The first kappa shape index (κ1) is 24.0. The Morgan fingerprint density at radius 1 is 1.17 bits per heavy atom. The molecule has 5 rings (SSSR count). The average Bonchev–Trinajstić information content (AvgIpc) is 3.38. The molecular formula is C26H28N6O3S. The topological polar surface area (TPSA) is 126 Å². The van der Waals surface area contributed by atoms with Crippen LogP contribution in [-0.2, 0) is 29.5 Å².